The highest BCUT2D eigenvalue weighted by molar-refractivity contribution is 5.12. The van der Waals surface area contributed by atoms with Crippen LogP contribution in [0.25, 0.3) is 0 Å². The summed E-state index contributed by atoms with van der Waals surface area (Å²) in [5.74, 6) is 2.80. The Labute approximate surface area is 97.8 Å². The van der Waals surface area contributed by atoms with Crippen molar-refractivity contribution in [1.29, 1.82) is 0 Å². The molecule has 16 heavy (non-hydrogen) atoms. The number of aryl methyl sites for hydroxylation is 1. The average Bonchev–Trinajstić information content (AvgIpc) is 2.65. The van der Waals surface area contributed by atoms with Crippen LogP contribution in [-0.2, 0) is 0 Å². The van der Waals surface area contributed by atoms with Crippen molar-refractivity contribution in [3.63, 3.8) is 0 Å². The van der Waals surface area contributed by atoms with Crippen molar-refractivity contribution < 1.29 is 4.42 Å². The fraction of sp³-hybridized carbons (Fsp3) is 0.692. The van der Waals surface area contributed by atoms with Gasteiger partial charge in [0.2, 0.25) is 0 Å². The van der Waals surface area contributed by atoms with E-state index in [4.69, 9.17) is 4.42 Å². The first-order valence-corrected chi connectivity index (χ1v) is 6.13. The van der Waals surface area contributed by atoms with Gasteiger partial charge in [-0.1, -0.05) is 0 Å². The Hall–Kier alpha value is -0.800. The number of nitrogens with zero attached hydrogens (tertiary/aromatic N) is 1. The Kier molecular flexibility index (Phi) is 3.66. The molecule has 0 saturated carbocycles. The Bertz CT molecular complexity index is 332. The zero-order valence-corrected chi connectivity index (χ0v) is 10.5. The van der Waals surface area contributed by atoms with Gasteiger partial charge in [0, 0.05) is 0 Å². The molecule has 0 aliphatic carbocycles. The minimum atomic E-state index is 0.440. The van der Waals surface area contributed by atoms with Crippen molar-refractivity contribution in [2.75, 3.05) is 27.2 Å². The number of piperidine rings is 1. The molecule has 2 unspecified atom stereocenters. The fourth-order valence-electron chi connectivity index (χ4n) is 2.80. The SMILES string of the molecule is CNCC1CCCN(C)C1c1ccc(C)o1. The highest BCUT2D eigenvalue weighted by atomic mass is 16.3. The van der Waals surface area contributed by atoms with Gasteiger partial charge >= 0.3 is 0 Å². The molecule has 3 heteroatoms. The van der Waals surface area contributed by atoms with E-state index in [-0.39, 0.29) is 0 Å². The minimum Gasteiger partial charge on any atom is -0.465 e. The average molecular weight is 222 g/mol. The van der Waals surface area contributed by atoms with E-state index in [2.05, 4.69) is 29.4 Å². The van der Waals surface area contributed by atoms with Gasteiger partial charge in [-0.05, 0) is 65.0 Å². The summed E-state index contributed by atoms with van der Waals surface area (Å²) >= 11 is 0. The molecule has 2 heterocycles. The quantitative estimate of drug-likeness (QED) is 0.850. The smallest absolute Gasteiger partial charge is 0.121 e. The van der Waals surface area contributed by atoms with Gasteiger partial charge in [-0.15, -0.1) is 0 Å². The third kappa shape index (κ3) is 2.30. The molecule has 1 aliphatic heterocycles. The van der Waals surface area contributed by atoms with Crippen molar-refractivity contribution in [3.05, 3.63) is 23.7 Å². The molecule has 1 aromatic heterocycles. The largest absolute Gasteiger partial charge is 0.465 e. The van der Waals surface area contributed by atoms with Crippen LogP contribution in [0.5, 0.6) is 0 Å². The molecular formula is C13H22N2O. The molecule has 2 rings (SSSR count). The van der Waals surface area contributed by atoms with Crippen molar-refractivity contribution in [3.8, 4) is 0 Å². The minimum absolute atomic E-state index is 0.440. The standard InChI is InChI=1S/C13H22N2O/c1-10-6-7-12(16-10)13-11(9-14-2)5-4-8-15(13)3/h6-7,11,13-14H,4-5,8-9H2,1-3H3. The van der Waals surface area contributed by atoms with Crippen LogP contribution in [0.2, 0.25) is 0 Å². The molecule has 1 aliphatic rings. The van der Waals surface area contributed by atoms with E-state index in [1.807, 2.05) is 14.0 Å². The number of hydrogen-bond acceptors (Lipinski definition) is 3. The van der Waals surface area contributed by atoms with E-state index in [0.717, 1.165) is 18.1 Å². The lowest BCUT2D eigenvalue weighted by molar-refractivity contribution is 0.102. The van der Waals surface area contributed by atoms with E-state index in [9.17, 15) is 0 Å². The van der Waals surface area contributed by atoms with Crippen molar-refractivity contribution >= 4 is 0 Å². The lowest BCUT2D eigenvalue weighted by Gasteiger charge is -2.38. The first-order valence-electron chi connectivity index (χ1n) is 6.13. The van der Waals surface area contributed by atoms with Crippen LogP contribution >= 0.6 is 0 Å². The molecule has 0 amide bonds. The number of likely N-dealkylation sites (tertiary alicyclic amines) is 1. The molecule has 0 bridgehead atoms. The Morgan fingerprint density at radius 2 is 2.31 bits per heavy atom. The van der Waals surface area contributed by atoms with Crippen LogP contribution < -0.4 is 5.32 Å². The predicted octanol–water partition coefficient (Wildman–Crippen LogP) is 2.19. The van der Waals surface area contributed by atoms with Crippen molar-refractivity contribution in [2.45, 2.75) is 25.8 Å². The van der Waals surface area contributed by atoms with Crippen LogP contribution in [0.15, 0.2) is 16.5 Å². The summed E-state index contributed by atoms with van der Waals surface area (Å²) in [6, 6.07) is 4.63. The maximum atomic E-state index is 5.80. The zero-order chi connectivity index (χ0) is 11.5. The van der Waals surface area contributed by atoms with Crippen LogP contribution in [0.3, 0.4) is 0 Å². The van der Waals surface area contributed by atoms with Crippen LogP contribution in [0.4, 0.5) is 0 Å². The lowest BCUT2D eigenvalue weighted by atomic mass is 9.88. The molecular weight excluding hydrogens is 200 g/mol. The predicted molar refractivity (Wildman–Crippen MR) is 65.5 cm³/mol. The van der Waals surface area contributed by atoms with Crippen LogP contribution in [0.1, 0.15) is 30.4 Å². The van der Waals surface area contributed by atoms with Crippen LogP contribution in [-0.4, -0.2) is 32.1 Å². The maximum Gasteiger partial charge on any atom is 0.121 e. The second kappa shape index (κ2) is 5.02. The molecule has 0 spiro atoms. The van der Waals surface area contributed by atoms with Gasteiger partial charge in [0.15, 0.2) is 0 Å². The van der Waals surface area contributed by atoms with E-state index < -0.39 is 0 Å². The monoisotopic (exact) mass is 222 g/mol. The summed E-state index contributed by atoms with van der Waals surface area (Å²) in [5.41, 5.74) is 0. The topological polar surface area (TPSA) is 28.4 Å². The second-order valence-electron chi connectivity index (χ2n) is 4.83. The molecule has 0 radical (unpaired) electrons. The summed E-state index contributed by atoms with van der Waals surface area (Å²) in [6.45, 7) is 4.25. The molecule has 3 nitrogen and oxygen atoms in total. The number of hydrogen-bond donors (Lipinski definition) is 1. The molecule has 1 saturated heterocycles. The Balaban J connectivity index is 2.18. The van der Waals surface area contributed by atoms with E-state index in [1.165, 1.54) is 19.4 Å². The number of nitrogens with one attached hydrogen (secondary N) is 1. The van der Waals surface area contributed by atoms with Crippen molar-refractivity contribution in [2.24, 2.45) is 5.92 Å². The van der Waals surface area contributed by atoms with Crippen LogP contribution in [0, 0.1) is 12.8 Å². The highest BCUT2D eigenvalue weighted by Gasteiger charge is 2.31. The number of rotatable bonds is 3. The zero-order valence-electron chi connectivity index (χ0n) is 10.5. The van der Waals surface area contributed by atoms with Gasteiger partial charge in [0.1, 0.15) is 11.5 Å². The fourth-order valence-corrected chi connectivity index (χ4v) is 2.80. The maximum absolute atomic E-state index is 5.80. The van der Waals surface area contributed by atoms with E-state index in [1.54, 1.807) is 0 Å². The normalized spacial score (nSPS) is 27.2. The van der Waals surface area contributed by atoms with Gasteiger partial charge in [0.25, 0.3) is 0 Å². The summed E-state index contributed by atoms with van der Waals surface area (Å²) in [4.78, 5) is 2.42. The molecule has 1 N–H and O–H groups in total. The van der Waals surface area contributed by atoms with Gasteiger partial charge in [-0.3, -0.25) is 4.90 Å². The number of furan rings is 1. The third-order valence-corrected chi connectivity index (χ3v) is 3.53. The Morgan fingerprint density at radius 3 is 2.94 bits per heavy atom. The first kappa shape index (κ1) is 11.7. The molecule has 1 fully saturated rings. The van der Waals surface area contributed by atoms with Gasteiger partial charge < -0.3 is 9.73 Å². The van der Waals surface area contributed by atoms with E-state index >= 15 is 0 Å². The first-order chi connectivity index (χ1) is 7.72. The summed E-state index contributed by atoms with van der Waals surface area (Å²) < 4.78 is 5.80. The molecule has 90 valence electrons. The van der Waals surface area contributed by atoms with Gasteiger partial charge in [0.05, 0.1) is 6.04 Å². The summed E-state index contributed by atoms with van der Waals surface area (Å²) in [7, 11) is 4.23. The second-order valence-corrected chi connectivity index (χ2v) is 4.83. The molecule has 0 aromatic carbocycles. The Morgan fingerprint density at radius 1 is 1.50 bits per heavy atom. The summed E-state index contributed by atoms with van der Waals surface area (Å²) in [5, 5.41) is 3.30. The summed E-state index contributed by atoms with van der Waals surface area (Å²) in [6.07, 6.45) is 2.58. The highest BCUT2D eigenvalue weighted by Crippen LogP contribution is 2.35. The lowest BCUT2D eigenvalue weighted by Crippen LogP contribution is -2.39. The third-order valence-electron chi connectivity index (χ3n) is 3.53. The van der Waals surface area contributed by atoms with Gasteiger partial charge in [-0.25, -0.2) is 0 Å². The van der Waals surface area contributed by atoms with Gasteiger partial charge in [-0.2, -0.15) is 0 Å². The van der Waals surface area contributed by atoms with Crippen molar-refractivity contribution in [1.82, 2.24) is 10.2 Å². The van der Waals surface area contributed by atoms with E-state index in [0.29, 0.717) is 12.0 Å². The molecule has 1 aromatic rings. The molecule has 2 atom stereocenters.